The summed E-state index contributed by atoms with van der Waals surface area (Å²) >= 11 is 0. The van der Waals surface area contributed by atoms with Crippen molar-refractivity contribution in [1.29, 1.82) is 0 Å². The highest BCUT2D eigenvalue weighted by Gasteiger charge is 2.23. The highest BCUT2D eigenvalue weighted by molar-refractivity contribution is 6.07. The minimum absolute atomic E-state index is 0.0804. The van der Waals surface area contributed by atoms with Gasteiger partial charge in [-0.1, -0.05) is 6.07 Å². The summed E-state index contributed by atoms with van der Waals surface area (Å²) in [7, 11) is 1.93. The number of aryl methyl sites for hydroxylation is 1. The molecule has 0 spiro atoms. The van der Waals surface area contributed by atoms with Crippen LogP contribution < -0.4 is 0 Å². The van der Waals surface area contributed by atoms with Crippen molar-refractivity contribution in [1.82, 2.24) is 19.7 Å². The fraction of sp³-hybridized carbons (Fsp3) is 0.318. The highest BCUT2D eigenvalue weighted by Crippen LogP contribution is 2.36. The number of hydrogen-bond donors (Lipinski definition) is 0. The molecule has 1 aromatic carbocycles. The van der Waals surface area contributed by atoms with E-state index in [4.69, 9.17) is 9.84 Å². The van der Waals surface area contributed by atoms with Crippen LogP contribution in [-0.4, -0.2) is 33.0 Å². The first-order valence-electron chi connectivity index (χ1n) is 9.68. The third-order valence-electron chi connectivity index (χ3n) is 5.66. The molecule has 1 aliphatic heterocycles. The zero-order valence-corrected chi connectivity index (χ0v) is 16.0. The van der Waals surface area contributed by atoms with Gasteiger partial charge in [0.2, 0.25) is 0 Å². The molecule has 5 nitrogen and oxygen atoms in total. The van der Waals surface area contributed by atoms with E-state index in [-0.39, 0.29) is 5.56 Å². The Morgan fingerprint density at radius 3 is 2.69 bits per heavy atom. The van der Waals surface area contributed by atoms with E-state index in [1.807, 2.05) is 36.1 Å². The van der Waals surface area contributed by atoms with E-state index in [1.54, 1.807) is 6.20 Å². The molecule has 0 saturated carbocycles. The lowest BCUT2D eigenvalue weighted by atomic mass is 9.92. The predicted octanol–water partition coefficient (Wildman–Crippen LogP) is 5.02. The maximum atomic E-state index is 13.1. The molecule has 1 fully saturated rings. The van der Waals surface area contributed by atoms with Gasteiger partial charge in [-0.05, 0) is 36.6 Å². The topological polar surface area (TPSA) is 52.8 Å². The summed E-state index contributed by atoms with van der Waals surface area (Å²) in [6, 6.07) is 7.34. The molecule has 0 unspecified atom stereocenters. The average molecular weight is 394 g/mol. The monoisotopic (exact) mass is 394 g/mol. The summed E-state index contributed by atoms with van der Waals surface area (Å²) in [5.74, 6) is 0.338. The van der Waals surface area contributed by atoms with Gasteiger partial charge >= 0.3 is 0 Å². The molecule has 148 valence electrons. The van der Waals surface area contributed by atoms with Crippen molar-refractivity contribution in [3.8, 4) is 11.1 Å². The van der Waals surface area contributed by atoms with Crippen LogP contribution in [0.25, 0.3) is 32.9 Å². The number of nitrogens with zero attached hydrogens (tertiary/aromatic N) is 4. The second-order valence-electron chi connectivity index (χ2n) is 7.45. The lowest BCUT2D eigenvalue weighted by Gasteiger charge is -2.20. The third kappa shape index (κ3) is 3.15. The van der Waals surface area contributed by atoms with Crippen molar-refractivity contribution in [2.24, 2.45) is 7.05 Å². The maximum Gasteiger partial charge on any atom is 0.265 e. The Morgan fingerprint density at radius 1 is 1.07 bits per heavy atom. The number of pyridine rings is 2. The lowest BCUT2D eigenvalue weighted by Crippen LogP contribution is -2.14. The number of aromatic nitrogens is 4. The number of alkyl halides is 2. The van der Waals surface area contributed by atoms with Gasteiger partial charge in [-0.25, -0.2) is 8.78 Å². The first kappa shape index (κ1) is 18.1. The van der Waals surface area contributed by atoms with Crippen LogP contribution in [-0.2, 0) is 11.8 Å². The minimum atomic E-state index is -2.55. The van der Waals surface area contributed by atoms with Gasteiger partial charge in [0.05, 0.1) is 22.9 Å². The van der Waals surface area contributed by atoms with Crippen LogP contribution in [0.1, 0.15) is 36.4 Å². The van der Waals surface area contributed by atoms with Crippen molar-refractivity contribution in [3.63, 3.8) is 0 Å². The fourth-order valence-electron chi connectivity index (χ4n) is 4.13. The van der Waals surface area contributed by atoms with Crippen LogP contribution in [0.3, 0.4) is 0 Å². The zero-order valence-electron chi connectivity index (χ0n) is 16.0. The summed E-state index contributed by atoms with van der Waals surface area (Å²) in [6.07, 6.45) is 4.01. The summed E-state index contributed by atoms with van der Waals surface area (Å²) in [4.78, 5) is 8.58. The van der Waals surface area contributed by atoms with Crippen molar-refractivity contribution < 1.29 is 13.5 Å². The van der Waals surface area contributed by atoms with E-state index in [0.717, 1.165) is 59.1 Å². The molecule has 0 atom stereocenters. The van der Waals surface area contributed by atoms with Gasteiger partial charge in [0.25, 0.3) is 6.43 Å². The van der Waals surface area contributed by atoms with Crippen LogP contribution in [0.15, 0.2) is 42.9 Å². The molecule has 0 radical (unpaired) electrons. The Balaban J connectivity index is 1.72. The van der Waals surface area contributed by atoms with Gasteiger partial charge in [-0.15, -0.1) is 0 Å². The lowest BCUT2D eigenvalue weighted by molar-refractivity contribution is 0.0846. The van der Waals surface area contributed by atoms with Gasteiger partial charge in [-0.3, -0.25) is 14.6 Å². The number of ether oxygens (including phenoxy) is 1. The number of hydrogen-bond acceptors (Lipinski definition) is 4. The van der Waals surface area contributed by atoms with Gasteiger partial charge in [0, 0.05) is 60.5 Å². The summed E-state index contributed by atoms with van der Waals surface area (Å²) in [5, 5.41) is 6.88. The van der Waals surface area contributed by atoms with E-state index in [9.17, 15) is 8.78 Å². The summed E-state index contributed by atoms with van der Waals surface area (Å²) < 4.78 is 33.6. The molecule has 0 aliphatic carbocycles. The third-order valence-corrected chi connectivity index (χ3v) is 5.66. The van der Waals surface area contributed by atoms with E-state index < -0.39 is 6.43 Å². The molecule has 1 aliphatic rings. The van der Waals surface area contributed by atoms with Gasteiger partial charge in [0.15, 0.2) is 0 Å². The molecule has 3 aromatic heterocycles. The molecule has 0 bridgehead atoms. The molecule has 4 heterocycles. The molecule has 0 amide bonds. The Hall–Kier alpha value is -2.93. The van der Waals surface area contributed by atoms with Crippen molar-refractivity contribution in [2.75, 3.05) is 13.2 Å². The Morgan fingerprint density at radius 2 is 1.90 bits per heavy atom. The molecule has 7 heteroatoms. The zero-order chi connectivity index (χ0) is 20.0. The Kier molecular flexibility index (Phi) is 4.47. The van der Waals surface area contributed by atoms with Gasteiger partial charge < -0.3 is 4.74 Å². The van der Waals surface area contributed by atoms with E-state index in [2.05, 4.69) is 9.97 Å². The van der Waals surface area contributed by atoms with Gasteiger partial charge in [0.1, 0.15) is 0 Å². The van der Waals surface area contributed by atoms with E-state index >= 15 is 0 Å². The second-order valence-corrected chi connectivity index (χ2v) is 7.45. The summed E-state index contributed by atoms with van der Waals surface area (Å²) in [6.45, 7) is 1.48. The normalized spacial score (nSPS) is 15.6. The molecular weight excluding hydrogens is 374 g/mol. The first-order valence-corrected chi connectivity index (χ1v) is 9.68. The quantitative estimate of drug-likeness (QED) is 0.490. The predicted molar refractivity (Wildman–Crippen MR) is 107 cm³/mol. The minimum Gasteiger partial charge on any atom is -0.381 e. The Bertz CT molecular complexity index is 1200. The number of benzene rings is 1. The fourth-order valence-corrected chi connectivity index (χ4v) is 4.13. The molecule has 4 aromatic rings. The SMILES string of the molecule is Cn1nc(C2CCOCC2)c2c3cc(-c4cncc(C(F)F)c4)ccc3ncc21. The van der Waals surface area contributed by atoms with Crippen molar-refractivity contribution >= 4 is 21.8 Å². The first-order chi connectivity index (χ1) is 14.1. The second kappa shape index (κ2) is 7.15. The van der Waals surface area contributed by atoms with E-state index in [1.165, 1.54) is 12.3 Å². The Labute approximate surface area is 166 Å². The van der Waals surface area contributed by atoms with Gasteiger partial charge in [-0.2, -0.15) is 5.10 Å². The van der Waals surface area contributed by atoms with E-state index in [0.29, 0.717) is 11.5 Å². The van der Waals surface area contributed by atoms with Crippen molar-refractivity contribution in [2.45, 2.75) is 25.2 Å². The largest absolute Gasteiger partial charge is 0.381 e. The number of rotatable bonds is 3. The smallest absolute Gasteiger partial charge is 0.265 e. The van der Waals surface area contributed by atoms with Crippen LogP contribution in [0.5, 0.6) is 0 Å². The molecule has 5 rings (SSSR count). The molecule has 0 N–H and O–H groups in total. The molecular formula is C22H20F2N4O. The number of fused-ring (bicyclic) bond motifs is 3. The van der Waals surface area contributed by atoms with Crippen LogP contribution >= 0.6 is 0 Å². The number of halogens is 2. The van der Waals surface area contributed by atoms with Crippen LogP contribution in [0.4, 0.5) is 8.78 Å². The highest BCUT2D eigenvalue weighted by atomic mass is 19.3. The van der Waals surface area contributed by atoms with Crippen LogP contribution in [0.2, 0.25) is 0 Å². The van der Waals surface area contributed by atoms with Crippen LogP contribution in [0, 0.1) is 0 Å². The molecule has 1 saturated heterocycles. The van der Waals surface area contributed by atoms with Crippen molar-refractivity contribution in [3.05, 3.63) is 54.1 Å². The average Bonchev–Trinajstić information content (AvgIpc) is 3.11. The molecule has 29 heavy (non-hydrogen) atoms. The standard InChI is InChI=1S/C22H20F2N4O/c1-28-19-12-26-18-3-2-14(15-8-16(22(23)24)11-25-10-15)9-17(18)20(19)21(27-28)13-4-6-29-7-5-13/h2-3,8-13,22H,4-7H2,1H3. The summed E-state index contributed by atoms with van der Waals surface area (Å²) in [5.41, 5.74) is 4.32. The maximum absolute atomic E-state index is 13.1.